The zero-order chi connectivity index (χ0) is 15.5. The van der Waals surface area contributed by atoms with E-state index in [-0.39, 0.29) is 5.97 Å². The minimum Gasteiger partial charge on any atom is -0.438 e. The summed E-state index contributed by atoms with van der Waals surface area (Å²) >= 11 is 6.14. The number of benzodiazepines with no additional fused rings is 1. The van der Waals surface area contributed by atoms with Crippen molar-refractivity contribution >= 4 is 29.0 Å². The summed E-state index contributed by atoms with van der Waals surface area (Å²) in [5.41, 5.74) is 3.52. The van der Waals surface area contributed by atoms with Gasteiger partial charge in [-0.3, -0.25) is 4.79 Å². The van der Waals surface area contributed by atoms with Gasteiger partial charge in [-0.1, -0.05) is 41.9 Å². The molecule has 2 aromatic rings. The summed E-state index contributed by atoms with van der Waals surface area (Å²) in [6, 6.07) is 15.4. The van der Waals surface area contributed by atoms with Crippen LogP contribution < -0.4 is 5.32 Å². The molecule has 0 aromatic heterocycles. The van der Waals surface area contributed by atoms with Crippen LogP contribution in [0.1, 0.15) is 18.1 Å². The van der Waals surface area contributed by atoms with E-state index < -0.39 is 6.23 Å². The smallest absolute Gasteiger partial charge is 0.304 e. The highest BCUT2D eigenvalue weighted by Gasteiger charge is 2.21. The molecular weight excluding hydrogens is 300 g/mol. The van der Waals surface area contributed by atoms with E-state index in [1.165, 1.54) is 6.92 Å². The van der Waals surface area contributed by atoms with Gasteiger partial charge in [0.1, 0.15) is 0 Å². The molecule has 4 nitrogen and oxygen atoms in total. The van der Waals surface area contributed by atoms with Gasteiger partial charge in [0.15, 0.2) is 0 Å². The number of nitrogens with zero attached hydrogens (tertiary/aromatic N) is 1. The molecule has 0 spiro atoms. The number of ether oxygens (including phenoxy) is 1. The molecule has 0 saturated heterocycles. The summed E-state index contributed by atoms with van der Waals surface area (Å²) in [4.78, 5) is 15.9. The van der Waals surface area contributed by atoms with Crippen molar-refractivity contribution in [3.8, 4) is 0 Å². The normalized spacial score (nSPS) is 16.8. The standard InChI is InChI=1S/C17H15ClN2O2/c1-11(21)22-16-10-19-15-8-7-13(18)9-14(15)17(20-16)12-5-3-2-4-6-12/h2-9,16,19H,10H2,1H3. The Hall–Kier alpha value is -2.33. The van der Waals surface area contributed by atoms with E-state index in [0.717, 1.165) is 22.5 Å². The number of esters is 1. The van der Waals surface area contributed by atoms with Crippen molar-refractivity contribution in [1.82, 2.24) is 0 Å². The van der Waals surface area contributed by atoms with Crippen LogP contribution in [0.25, 0.3) is 0 Å². The number of fused-ring (bicyclic) bond motifs is 1. The van der Waals surface area contributed by atoms with Crippen LogP contribution in [0.4, 0.5) is 5.69 Å². The van der Waals surface area contributed by atoms with E-state index in [1.807, 2.05) is 48.5 Å². The molecule has 1 N–H and O–H groups in total. The van der Waals surface area contributed by atoms with Gasteiger partial charge in [0.2, 0.25) is 6.23 Å². The zero-order valence-electron chi connectivity index (χ0n) is 12.0. The van der Waals surface area contributed by atoms with Crippen LogP contribution in [0.2, 0.25) is 5.02 Å². The molecule has 112 valence electrons. The maximum atomic E-state index is 11.3. The topological polar surface area (TPSA) is 50.7 Å². The van der Waals surface area contributed by atoms with Gasteiger partial charge in [0.25, 0.3) is 0 Å². The van der Waals surface area contributed by atoms with Crippen molar-refractivity contribution in [2.45, 2.75) is 13.2 Å². The van der Waals surface area contributed by atoms with Gasteiger partial charge in [0.05, 0.1) is 12.3 Å². The van der Waals surface area contributed by atoms with Crippen molar-refractivity contribution in [2.75, 3.05) is 11.9 Å². The lowest BCUT2D eigenvalue weighted by Crippen LogP contribution is -2.22. The van der Waals surface area contributed by atoms with Crippen molar-refractivity contribution in [1.29, 1.82) is 0 Å². The number of hydrogen-bond acceptors (Lipinski definition) is 4. The van der Waals surface area contributed by atoms with Crippen LogP contribution in [-0.4, -0.2) is 24.5 Å². The number of benzene rings is 2. The highest BCUT2D eigenvalue weighted by Crippen LogP contribution is 2.27. The Kier molecular flexibility index (Phi) is 4.11. The molecule has 1 aliphatic heterocycles. The van der Waals surface area contributed by atoms with Crippen LogP contribution in [0.3, 0.4) is 0 Å². The quantitative estimate of drug-likeness (QED) is 0.863. The van der Waals surface area contributed by atoms with Gasteiger partial charge < -0.3 is 10.1 Å². The lowest BCUT2D eigenvalue weighted by molar-refractivity contribution is -0.145. The maximum Gasteiger partial charge on any atom is 0.304 e. The molecular formula is C17H15ClN2O2. The summed E-state index contributed by atoms with van der Waals surface area (Å²) in [5, 5.41) is 3.89. The second-order valence-electron chi connectivity index (χ2n) is 4.98. The molecule has 2 aromatic carbocycles. The van der Waals surface area contributed by atoms with E-state index in [0.29, 0.717) is 11.6 Å². The summed E-state index contributed by atoms with van der Waals surface area (Å²) in [6.07, 6.45) is -0.570. The van der Waals surface area contributed by atoms with Crippen molar-refractivity contribution in [2.24, 2.45) is 4.99 Å². The van der Waals surface area contributed by atoms with Crippen LogP contribution >= 0.6 is 11.6 Å². The molecule has 22 heavy (non-hydrogen) atoms. The molecule has 0 amide bonds. The predicted octanol–water partition coefficient (Wildman–Crippen LogP) is 3.49. The summed E-state index contributed by atoms with van der Waals surface area (Å²) in [6.45, 7) is 1.80. The first-order chi connectivity index (χ1) is 10.6. The Bertz CT molecular complexity index is 729. The number of anilines is 1. The minimum absolute atomic E-state index is 0.355. The Balaban J connectivity index is 2.12. The average Bonchev–Trinajstić information content (AvgIpc) is 2.67. The zero-order valence-corrected chi connectivity index (χ0v) is 12.8. The third kappa shape index (κ3) is 3.12. The molecule has 1 aliphatic rings. The number of hydrogen-bond donors (Lipinski definition) is 1. The van der Waals surface area contributed by atoms with Gasteiger partial charge in [-0.05, 0) is 18.2 Å². The monoisotopic (exact) mass is 314 g/mol. The fourth-order valence-electron chi connectivity index (χ4n) is 2.41. The summed E-state index contributed by atoms with van der Waals surface area (Å²) in [5.74, 6) is -0.355. The summed E-state index contributed by atoms with van der Waals surface area (Å²) < 4.78 is 5.26. The second-order valence-corrected chi connectivity index (χ2v) is 5.42. The predicted molar refractivity (Wildman–Crippen MR) is 87.6 cm³/mol. The van der Waals surface area contributed by atoms with Gasteiger partial charge >= 0.3 is 5.97 Å². The Labute approximate surface area is 133 Å². The van der Waals surface area contributed by atoms with Crippen molar-refractivity contribution < 1.29 is 9.53 Å². The molecule has 0 aliphatic carbocycles. The first kappa shape index (κ1) is 14.6. The van der Waals surface area contributed by atoms with Crippen LogP contribution in [0.15, 0.2) is 53.5 Å². The lowest BCUT2D eigenvalue weighted by Gasteiger charge is -2.12. The third-order valence-corrected chi connectivity index (χ3v) is 3.56. The van der Waals surface area contributed by atoms with E-state index in [4.69, 9.17) is 16.3 Å². The third-order valence-electron chi connectivity index (χ3n) is 3.33. The lowest BCUT2D eigenvalue weighted by atomic mass is 10.0. The van der Waals surface area contributed by atoms with E-state index in [1.54, 1.807) is 0 Å². The van der Waals surface area contributed by atoms with Gasteiger partial charge in [0, 0.05) is 28.8 Å². The number of rotatable bonds is 2. The number of carbonyl (C=O) groups excluding carboxylic acids is 1. The number of aliphatic imine (C=N–C) groups is 1. The number of halogens is 1. The molecule has 5 heteroatoms. The Morgan fingerprint density at radius 1 is 1.27 bits per heavy atom. The molecule has 0 bridgehead atoms. The molecule has 0 fully saturated rings. The highest BCUT2D eigenvalue weighted by atomic mass is 35.5. The summed E-state index contributed by atoms with van der Waals surface area (Å²) in [7, 11) is 0. The van der Waals surface area contributed by atoms with Crippen LogP contribution in [-0.2, 0) is 9.53 Å². The first-order valence-electron chi connectivity index (χ1n) is 6.98. The molecule has 3 rings (SSSR count). The fraction of sp³-hybridized carbons (Fsp3) is 0.176. The van der Waals surface area contributed by atoms with E-state index in [9.17, 15) is 4.79 Å². The molecule has 1 unspecified atom stereocenters. The number of carbonyl (C=O) groups is 1. The Morgan fingerprint density at radius 2 is 2.05 bits per heavy atom. The number of nitrogens with one attached hydrogen (secondary N) is 1. The molecule has 1 heterocycles. The van der Waals surface area contributed by atoms with Crippen LogP contribution in [0.5, 0.6) is 0 Å². The largest absolute Gasteiger partial charge is 0.438 e. The minimum atomic E-state index is -0.570. The molecule has 1 atom stereocenters. The fourth-order valence-corrected chi connectivity index (χ4v) is 2.58. The maximum absolute atomic E-state index is 11.3. The second kappa shape index (κ2) is 6.20. The van der Waals surface area contributed by atoms with Crippen molar-refractivity contribution in [3.63, 3.8) is 0 Å². The van der Waals surface area contributed by atoms with Crippen LogP contribution in [0, 0.1) is 0 Å². The molecule has 0 saturated carbocycles. The Morgan fingerprint density at radius 3 is 2.77 bits per heavy atom. The van der Waals surface area contributed by atoms with E-state index in [2.05, 4.69) is 10.3 Å². The first-order valence-corrected chi connectivity index (χ1v) is 7.35. The average molecular weight is 315 g/mol. The van der Waals surface area contributed by atoms with E-state index >= 15 is 0 Å². The molecule has 0 radical (unpaired) electrons. The SMILES string of the molecule is CC(=O)OC1CNc2ccc(Cl)cc2C(c2ccccc2)=N1. The van der Waals surface area contributed by atoms with Gasteiger partial charge in [-0.15, -0.1) is 0 Å². The van der Waals surface area contributed by atoms with Gasteiger partial charge in [-0.2, -0.15) is 0 Å². The highest BCUT2D eigenvalue weighted by molar-refractivity contribution is 6.31. The van der Waals surface area contributed by atoms with Gasteiger partial charge in [-0.25, -0.2) is 4.99 Å². The van der Waals surface area contributed by atoms with Crippen molar-refractivity contribution in [3.05, 3.63) is 64.7 Å².